The van der Waals surface area contributed by atoms with Gasteiger partial charge in [-0.25, -0.2) is 8.42 Å². The van der Waals surface area contributed by atoms with Gasteiger partial charge in [-0.05, 0) is 6.92 Å². The van der Waals surface area contributed by atoms with Crippen molar-refractivity contribution >= 4 is 15.9 Å². The fourth-order valence-corrected chi connectivity index (χ4v) is 3.70. The lowest BCUT2D eigenvalue weighted by atomic mass is 10.2. The Labute approximate surface area is 122 Å². The molecule has 1 atom stereocenters. The van der Waals surface area contributed by atoms with Crippen molar-refractivity contribution in [2.24, 2.45) is 0 Å². The highest BCUT2D eigenvalue weighted by molar-refractivity contribution is 7.89. The number of nitrogens with one attached hydrogen (secondary N) is 2. The van der Waals surface area contributed by atoms with Gasteiger partial charge in [-0.1, -0.05) is 0 Å². The largest absolute Gasteiger partial charge is 0.378 e. The maximum absolute atomic E-state index is 12.6. The lowest BCUT2D eigenvalue weighted by Gasteiger charge is -2.33. The molecule has 1 aliphatic rings. The summed E-state index contributed by atoms with van der Waals surface area (Å²) < 4.78 is 31.4. The summed E-state index contributed by atoms with van der Waals surface area (Å²) in [6.07, 6.45) is 2.48. The number of carbonyl (C=O) groups is 1. The summed E-state index contributed by atoms with van der Waals surface area (Å²) in [7, 11) is -4.06. The van der Waals surface area contributed by atoms with Crippen molar-refractivity contribution < 1.29 is 17.9 Å². The van der Waals surface area contributed by atoms with Crippen molar-refractivity contribution in [2.75, 3.05) is 26.3 Å². The molecule has 1 fully saturated rings. The molecule has 0 saturated carbocycles. The summed E-state index contributed by atoms with van der Waals surface area (Å²) in [6.45, 7) is 2.30. The first-order valence-corrected chi connectivity index (χ1v) is 7.97. The van der Waals surface area contributed by atoms with Crippen LogP contribution < -0.4 is 10.7 Å². The normalized spacial score (nSPS) is 20.1. The Bertz CT molecular complexity index is 669. The molecule has 1 amide bonds. The van der Waals surface area contributed by atoms with Crippen molar-refractivity contribution in [3.05, 3.63) is 28.7 Å². The highest BCUT2D eigenvalue weighted by Crippen LogP contribution is 2.18. The van der Waals surface area contributed by atoms with E-state index in [4.69, 9.17) is 4.74 Å². The van der Waals surface area contributed by atoms with Gasteiger partial charge < -0.3 is 15.0 Å². The average Bonchev–Trinajstić information content (AvgIpc) is 2.48. The molecule has 2 heterocycles. The van der Waals surface area contributed by atoms with E-state index in [-0.39, 0.29) is 24.7 Å². The van der Waals surface area contributed by atoms with Crippen molar-refractivity contribution in [3.63, 3.8) is 0 Å². The second-order valence-corrected chi connectivity index (χ2v) is 6.33. The number of nitrogens with zero attached hydrogens (tertiary/aromatic N) is 1. The Hall–Kier alpha value is -1.71. The summed E-state index contributed by atoms with van der Waals surface area (Å²) >= 11 is 0. The van der Waals surface area contributed by atoms with E-state index < -0.39 is 27.4 Å². The smallest absolute Gasteiger partial charge is 0.249 e. The lowest BCUT2D eigenvalue weighted by Crippen LogP contribution is -2.56. The minimum Gasteiger partial charge on any atom is -0.378 e. The SMILES string of the molecule is CCNC(=O)C1COCCN1S(=O)(=O)c1c[nH]ccc1=O. The summed E-state index contributed by atoms with van der Waals surface area (Å²) in [5.74, 6) is -0.437. The molecule has 0 aromatic carbocycles. The average molecular weight is 315 g/mol. The predicted molar refractivity (Wildman–Crippen MR) is 74.2 cm³/mol. The second kappa shape index (κ2) is 6.37. The van der Waals surface area contributed by atoms with Crippen molar-refractivity contribution in [1.82, 2.24) is 14.6 Å². The van der Waals surface area contributed by atoms with Gasteiger partial charge in [0, 0.05) is 31.5 Å². The Morgan fingerprint density at radius 2 is 2.33 bits per heavy atom. The zero-order valence-electron chi connectivity index (χ0n) is 11.5. The van der Waals surface area contributed by atoms with Crippen LogP contribution in [-0.2, 0) is 19.6 Å². The summed E-state index contributed by atoms with van der Waals surface area (Å²) in [5.41, 5.74) is -0.616. The van der Waals surface area contributed by atoms with Crippen LogP contribution in [0.2, 0.25) is 0 Å². The molecule has 2 rings (SSSR count). The van der Waals surface area contributed by atoms with Gasteiger partial charge in [0.2, 0.25) is 21.4 Å². The molecule has 1 aromatic rings. The third kappa shape index (κ3) is 3.14. The maximum Gasteiger partial charge on any atom is 0.249 e. The third-order valence-corrected chi connectivity index (χ3v) is 5.04. The van der Waals surface area contributed by atoms with E-state index in [0.717, 1.165) is 16.6 Å². The topological polar surface area (TPSA) is 109 Å². The van der Waals surface area contributed by atoms with E-state index in [0.29, 0.717) is 6.54 Å². The number of hydrogen-bond donors (Lipinski definition) is 2. The van der Waals surface area contributed by atoms with Gasteiger partial charge in [-0.2, -0.15) is 4.31 Å². The zero-order valence-corrected chi connectivity index (χ0v) is 12.4. The molecule has 1 unspecified atom stereocenters. The van der Waals surface area contributed by atoms with E-state index in [1.807, 2.05) is 0 Å². The highest BCUT2D eigenvalue weighted by Gasteiger charge is 2.39. The number of hydrogen-bond acceptors (Lipinski definition) is 5. The number of pyridine rings is 1. The summed E-state index contributed by atoms with van der Waals surface area (Å²) in [4.78, 5) is 25.9. The molecular weight excluding hydrogens is 298 g/mol. The Balaban J connectivity index is 2.39. The minimum absolute atomic E-state index is 0.0263. The third-order valence-electron chi connectivity index (χ3n) is 3.11. The van der Waals surface area contributed by atoms with Crippen LogP contribution in [0, 0.1) is 0 Å². The second-order valence-electron chi connectivity index (χ2n) is 4.47. The first kappa shape index (κ1) is 15.7. The molecule has 1 aliphatic heterocycles. The number of H-pyrrole nitrogens is 1. The van der Waals surface area contributed by atoms with Crippen LogP contribution in [0.3, 0.4) is 0 Å². The summed E-state index contributed by atoms with van der Waals surface area (Å²) in [5, 5.41) is 2.57. The zero-order chi connectivity index (χ0) is 15.5. The van der Waals surface area contributed by atoms with Gasteiger partial charge >= 0.3 is 0 Å². The van der Waals surface area contributed by atoms with Gasteiger partial charge in [0.05, 0.1) is 13.2 Å². The fraction of sp³-hybridized carbons (Fsp3) is 0.500. The molecular formula is C12H17N3O5S. The number of aromatic nitrogens is 1. The minimum atomic E-state index is -4.06. The highest BCUT2D eigenvalue weighted by atomic mass is 32.2. The Morgan fingerprint density at radius 1 is 1.57 bits per heavy atom. The van der Waals surface area contributed by atoms with Gasteiger partial charge in [-0.3, -0.25) is 9.59 Å². The first-order chi connectivity index (χ1) is 9.98. The number of ether oxygens (including phenoxy) is 1. The van der Waals surface area contributed by atoms with Gasteiger partial charge in [-0.15, -0.1) is 0 Å². The molecule has 1 saturated heterocycles. The quantitative estimate of drug-likeness (QED) is 0.733. The van der Waals surface area contributed by atoms with E-state index in [1.165, 1.54) is 6.20 Å². The van der Waals surface area contributed by atoms with Crippen LogP contribution in [-0.4, -0.2) is 56.0 Å². The number of likely N-dealkylation sites (N-methyl/N-ethyl adjacent to an activating group) is 1. The standard InChI is InChI=1S/C12H17N3O5S/c1-2-14-12(17)9-8-20-6-5-15(9)21(18,19)11-7-13-4-3-10(11)16/h3-4,7,9H,2,5-6,8H2,1H3,(H,13,16)(H,14,17). The van der Waals surface area contributed by atoms with Gasteiger partial charge in [0.1, 0.15) is 10.9 Å². The van der Waals surface area contributed by atoms with Crippen LogP contribution in [0.4, 0.5) is 0 Å². The number of carbonyl (C=O) groups excluding carboxylic acids is 1. The molecule has 9 heteroatoms. The van der Waals surface area contributed by atoms with Crippen LogP contribution >= 0.6 is 0 Å². The van der Waals surface area contributed by atoms with E-state index >= 15 is 0 Å². The lowest BCUT2D eigenvalue weighted by molar-refractivity contribution is -0.129. The monoisotopic (exact) mass is 315 g/mol. The van der Waals surface area contributed by atoms with Crippen LogP contribution in [0.25, 0.3) is 0 Å². The Kier molecular flexibility index (Phi) is 4.76. The molecule has 0 radical (unpaired) electrons. The van der Waals surface area contributed by atoms with E-state index in [1.54, 1.807) is 6.92 Å². The van der Waals surface area contributed by atoms with E-state index in [2.05, 4.69) is 10.3 Å². The molecule has 0 bridgehead atoms. The number of aromatic amines is 1. The molecule has 1 aromatic heterocycles. The van der Waals surface area contributed by atoms with Gasteiger partial charge in [0.15, 0.2) is 0 Å². The number of amides is 1. The molecule has 21 heavy (non-hydrogen) atoms. The molecule has 116 valence electrons. The van der Waals surface area contributed by atoms with Crippen molar-refractivity contribution in [3.8, 4) is 0 Å². The molecule has 0 aliphatic carbocycles. The molecule has 8 nitrogen and oxygen atoms in total. The van der Waals surface area contributed by atoms with Crippen LogP contribution in [0.1, 0.15) is 6.92 Å². The summed E-state index contributed by atoms with van der Waals surface area (Å²) in [6, 6.07) is 0.164. The van der Waals surface area contributed by atoms with Crippen molar-refractivity contribution in [1.29, 1.82) is 0 Å². The predicted octanol–water partition coefficient (Wildman–Crippen LogP) is -1.10. The van der Waals surface area contributed by atoms with E-state index in [9.17, 15) is 18.0 Å². The Morgan fingerprint density at radius 3 is 3.00 bits per heavy atom. The fourth-order valence-electron chi connectivity index (χ4n) is 2.10. The van der Waals surface area contributed by atoms with Gasteiger partial charge in [0.25, 0.3) is 0 Å². The van der Waals surface area contributed by atoms with Crippen LogP contribution in [0.5, 0.6) is 0 Å². The molecule has 0 spiro atoms. The number of rotatable bonds is 4. The molecule has 2 N–H and O–H groups in total. The number of sulfonamides is 1. The first-order valence-electron chi connectivity index (χ1n) is 6.53. The van der Waals surface area contributed by atoms with Crippen molar-refractivity contribution in [2.45, 2.75) is 17.9 Å². The van der Waals surface area contributed by atoms with Crippen LogP contribution in [0.15, 0.2) is 28.2 Å². The maximum atomic E-state index is 12.6. The number of morpholine rings is 1.